The molecule has 0 saturated heterocycles. The first-order valence-corrected chi connectivity index (χ1v) is 8.00. The van der Waals surface area contributed by atoms with Crippen LogP contribution in [-0.4, -0.2) is 29.5 Å². The average Bonchev–Trinajstić information content (AvgIpc) is 2.61. The second-order valence-corrected chi connectivity index (χ2v) is 5.96. The van der Waals surface area contributed by atoms with Gasteiger partial charge in [0, 0.05) is 32.0 Å². The number of hydrogen-bond acceptors (Lipinski definition) is 2. The van der Waals surface area contributed by atoms with Gasteiger partial charge in [0.05, 0.1) is 5.56 Å². The molecule has 0 radical (unpaired) electrons. The van der Waals surface area contributed by atoms with Crippen molar-refractivity contribution < 1.29 is 13.2 Å². The Bertz CT molecular complexity index is 708. The molecule has 0 spiro atoms. The molecule has 1 aliphatic rings. The molecule has 0 bridgehead atoms. The molecular weight excluding hydrogens is 313 g/mol. The molecule has 1 aliphatic heterocycles. The van der Waals surface area contributed by atoms with Gasteiger partial charge in [-0.3, -0.25) is 9.88 Å². The SMILES string of the molecule is FC(F)(F)c1cccc(C2=CCN(CCc3ccncc3)CC2)c1. The third-order valence-electron chi connectivity index (χ3n) is 4.32. The Kier molecular flexibility index (Phi) is 5.00. The van der Waals surface area contributed by atoms with Crippen LogP contribution in [-0.2, 0) is 12.6 Å². The quantitative estimate of drug-likeness (QED) is 0.823. The van der Waals surface area contributed by atoms with E-state index in [2.05, 4.69) is 9.88 Å². The molecule has 0 fully saturated rings. The monoisotopic (exact) mass is 332 g/mol. The van der Waals surface area contributed by atoms with Gasteiger partial charge in [0.15, 0.2) is 0 Å². The fraction of sp³-hybridized carbons (Fsp3) is 0.316. The van der Waals surface area contributed by atoms with Crippen LogP contribution in [0.15, 0.2) is 54.9 Å². The molecule has 0 saturated carbocycles. The van der Waals surface area contributed by atoms with Gasteiger partial charge < -0.3 is 0 Å². The topological polar surface area (TPSA) is 16.1 Å². The predicted octanol–water partition coefficient (Wildman–Crippen LogP) is 4.43. The van der Waals surface area contributed by atoms with Crippen LogP contribution in [0.2, 0.25) is 0 Å². The molecule has 3 rings (SSSR count). The maximum Gasteiger partial charge on any atom is 0.416 e. The maximum atomic E-state index is 12.8. The zero-order valence-corrected chi connectivity index (χ0v) is 13.3. The van der Waals surface area contributed by atoms with Gasteiger partial charge in [0.2, 0.25) is 0 Å². The van der Waals surface area contributed by atoms with Crippen LogP contribution in [0.3, 0.4) is 0 Å². The minimum Gasteiger partial charge on any atom is -0.299 e. The average molecular weight is 332 g/mol. The van der Waals surface area contributed by atoms with E-state index in [0.29, 0.717) is 5.56 Å². The number of aromatic nitrogens is 1. The van der Waals surface area contributed by atoms with Gasteiger partial charge in [-0.2, -0.15) is 13.2 Å². The van der Waals surface area contributed by atoms with Crippen LogP contribution >= 0.6 is 0 Å². The number of hydrogen-bond donors (Lipinski definition) is 0. The molecule has 1 aromatic heterocycles. The standard InChI is InChI=1S/C19H19F3N2/c20-19(21,22)18-3-1-2-17(14-18)16-7-12-24(13-8-16)11-6-15-4-9-23-10-5-15/h1-5,7,9-10,14H,6,8,11-13H2. The molecule has 1 aromatic carbocycles. The number of halogens is 3. The van der Waals surface area contributed by atoms with Crippen molar-refractivity contribution in [1.29, 1.82) is 0 Å². The van der Waals surface area contributed by atoms with Crippen molar-refractivity contribution in [3.8, 4) is 0 Å². The van der Waals surface area contributed by atoms with Crippen LogP contribution in [0.25, 0.3) is 5.57 Å². The fourth-order valence-corrected chi connectivity index (χ4v) is 2.91. The van der Waals surface area contributed by atoms with Crippen molar-refractivity contribution in [2.24, 2.45) is 0 Å². The van der Waals surface area contributed by atoms with E-state index in [-0.39, 0.29) is 0 Å². The number of benzene rings is 1. The summed E-state index contributed by atoms with van der Waals surface area (Å²) in [6.07, 6.45) is 3.06. The van der Waals surface area contributed by atoms with Gasteiger partial charge >= 0.3 is 6.18 Å². The van der Waals surface area contributed by atoms with E-state index in [1.165, 1.54) is 17.7 Å². The Morgan fingerprint density at radius 2 is 1.88 bits per heavy atom. The molecule has 2 nitrogen and oxygen atoms in total. The summed E-state index contributed by atoms with van der Waals surface area (Å²) in [5, 5.41) is 0. The normalized spacial score (nSPS) is 16.0. The predicted molar refractivity (Wildman–Crippen MR) is 88.4 cm³/mol. The number of alkyl halides is 3. The molecule has 0 unspecified atom stereocenters. The van der Waals surface area contributed by atoms with E-state index in [0.717, 1.165) is 44.1 Å². The zero-order chi connectivity index (χ0) is 17.0. The third-order valence-corrected chi connectivity index (χ3v) is 4.32. The van der Waals surface area contributed by atoms with Crippen LogP contribution in [0.1, 0.15) is 23.1 Å². The van der Waals surface area contributed by atoms with Gasteiger partial charge in [0.1, 0.15) is 0 Å². The highest BCUT2D eigenvalue weighted by atomic mass is 19.4. The summed E-state index contributed by atoms with van der Waals surface area (Å²) in [7, 11) is 0. The highest BCUT2D eigenvalue weighted by Gasteiger charge is 2.30. The van der Waals surface area contributed by atoms with Crippen molar-refractivity contribution in [2.75, 3.05) is 19.6 Å². The first-order chi connectivity index (χ1) is 11.5. The van der Waals surface area contributed by atoms with Crippen LogP contribution in [0.5, 0.6) is 0 Å². The third kappa shape index (κ3) is 4.23. The van der Waals surface area contributed by atoms with Gasteiger partial charge in [-0.1, -0.05) is 18.2 Å². The lowest BCUT2D eigenvalue weighted by Crippen LogP contribution is -2.30. The zero-order valence-electron chi connectivity index (χ0n) is 13.3. The van der Waals surface area contributed by atoms with E-state index in [9.17, 15) is 13.2 Å². The van der Waals surface area contributed by atoms with Gasteiger partial charge in [-0.25, -0.2) is 0 Å². The number of rotatable bonds is 4. The Balaban J connectivity index is 1.61. The molecule has 5 heteroatoms. The van der Waals surface area contributed by atoms with E-state index in [1.807, 2.05) is 18.2 Å². The Morgan fingerprint density at radius 3 is 2.54 bits per heavy atom. The van der Waals surface area contributed by atoms with Crippen molar-refractivity contribution in [2.45, 2.75) is 19.0 Å². The summed E-state index contributed by atoms with van der Waals surface area (Å²) < 4.78 is 38.5. The van der Waals surface area contributed by atoms with Crippen molar-refractivity contribution in [3.63, 3.8) is 0 Å². The highest BCUT2D eigenvalue weighted by Crippen LogP contribution is 2.32. The summed E-state index contributed by atoms with van der Waals surface area (Å²) in [6, 6.07) is 9.62. The fourth-order valence-electron chi connectivity index (χ4n) is 2.91. The van der Waals surface area contributed by atoms with Crippen molar-refractivity contribution >= 4 is 5.57 Å². The first kappa shape index (κ1) is 16.7. The summed E-state index contributed by atoms with van der Waals surface area (Å²) >= 11 is 0. The Morgan fingerprint density at radius 1 is 1.08 bits per heavy atom. The minimum atomic E-state index is -4.29. The first-order valence-electron chi connectivity index (χ1n) is 8.00. The molecule has 0 N–H and O–H groups in total. The lowest BCUT2D eigenvalue weighted by molar-refractivity contribution is -0.137. The van der Waals surface area contributed by atoms with Crippen molar-refractivity contribution in [3.05, 3.63) is 71.6 Å². The molecule has 2 aromatic rings. The van der Waals surface area contributed by atoms with E-state index < -0.39 is 11.7 Å². The second kappa shape index (κ2) is 7.18. The van der Waals surface area contributed by atoms with Crippen LogP contribution < -0.4 is 0 Å². The Hall–Kier alpha value is -2.14. The number of nitrogens with zero attached hydrogens (tertiary/aromatic N) is 2. The molecular formula is C19H19F3N2. The van der Waals surface area contributed by atoms with Crippen molar-refractivity contribution in [1.82, 2.24) is 9.88 Å². The van der Waals surface area contributed by atoms with E-state index in [1.54, 1.807) is 18.5 Å². The number of pyridine rings is 1. The lowest BCUT2D eigenvalue weighted by atomic mass is 9.97. The van der Waals surface area contributed by atoms with Gasteiger partial charge in [0.25, 0.3) is 0 Å². The van der Waals surface area contributed by atoms with E-state index in [4.69, 9.17) is 0 Å². The molecule has 24 heavy (non-hydrogen) atoms. The summed E-state index contributed by atoms with van der Waals surface area (Å²) in [5.41, 5.74) is 2.35. The Labute approximate surface area is 139 Å². The minimum absolute atomic E-state index is 0.582. The van der Waals surface area contributed by atoms with Crippen LogP contribution in [0.4, 0.5) is 13.2 Å². The maximum absolute atomic E-state index is 12.8. The molecule has 2 heterocycles. The van der Waals surface area contributed by atoms with Gasteiger partial charge in [-0.15, -0.1) is 0 Å². The summed E-state index contributed by atoms with van der Waals surface area (Å²) in [6.45, 7) is 2.58. The summed E-state index contributed by atoms with van der Waals surface area (Å²) in [4.78, 5) is 6.32. The smallest absolute Gasteiger partial charge is 0.299 e. The second-order valence-electron chi connectivity index (χ2n) is 5.96. The largest absolute Gasteiger partial charge is 0.416 e. The van der Waals surface area contributed by atoms with Crippen LogP contribution in [0, 0.1) is 0 Å². The van der Waals surface area contributed by atoms with E-state index >= 15 is 0 Å². The highest BCUT2D eigenvalue weighted by molar-refractivity contribution is 5.67. The molecule has 126 valence electrons. The molecule has 0 atom stereocenters. The lowest BCUT2D eigenvalue weighted by Gasteiger charge is -2.26. The molecule has 0 aliphatic carbocycles. The van der Waals surface area contributed by atoms with Gasteiger partial charge in [-0.05, 0) is 53.8 Å². The summed E-state index contributed by atoms with van der Waals surface area (Å²) in [5.74, 6) is 0. The molecule has 0 amide bonds.